The molecule has 0 atom stereocenters. The first kappa shape index (κ1) is 9.55. The zero-order chi connectivity index (χ0) is 9.68. The Morgan fingerprint density at radius 3 is 2.54 bits per heavy atom. The normalized spacial score (nSPS) is 9.08. The van der Waals surface area contributed by atoms with Crippen LogP contribution in [0.4, 0.5) is 0 Å². The van der Waals surface area contributed by atoms with Crippen molar-refractivity contribution in [2.24, 2.45) is 0 Å². The molecule has 0 spiro atoms. The zero-order valence-corrected chi connectivity index (χ0v) is 8.24. The molecule has 0 aliphatic carbocycles. The Hall–Kier alpha value is -1.53. The minimum absolute atomic E-state index is 1.00. The van der Waals surface area contributed by atoms with Gasteiger partial charge in [-0.25, -0.2) is 4.79 Å². The summed E-state index contributed by atoms with van der Waals surface area (Å²) in [5.41, 5.74) is 2.75. The van der Waals surface area contributed by atoms with Crippen LogP contribution in [0.5, 0.6) is 0 Å². The Balaban J connectivity index is 2.77. The van der Waals surface area contributed by atoms with Gasteiger partial charge in [0.25, 0.3) is 0 Å². The molecule has 1 aromatic carbocycles. The summed E-state index contributed by atoms with van der Waals surface area (Å²) in [5.74, 6) is 1.10. The molecule has 2 nitrogen and oxygen atoms in total. The quantitative estimate of drug-likeness (QED) is 0.520. The summed E-state index contributed by atoms with van der Waals surface area (Å²) in [6.07, 6.45) is 0. The minimum Gasteiger partial charge on any atom is -0.472 e. The minimum atomic E-state index is -1.06. The Bertz CT molecular complexity index is 348. The van der Waals surface area contributed by atoms with Crippen molar-refractivity contribution in [2.45, 2.75) is 6.55 Å². The highest BCUT2D eigenvalue weighted by Gasteiger charge is 2.02. The lowest BCUT2D eigenvalue weighted by molar-refractivity contribution is -0.130. The SMILES string of the molecule is C[Si](C#CC(=O)O)c1ccccc1. The first-order valence-corrected chi connectivity index (χ1v) is 5.84. The van der Waals surface area contributed by atoms with Crippen molar-refractivity contribution in [1.29, 1.82) is 0 Å². The molecule has 3 heteroatoms. The van der Waals surface area contributed by atoms with Crippen LogP contribution in [0.2, 0.25) is 6.55 Å². The molecule has 13 heavy (non-hydrogen) atoms. The van der Waals surface area contributed by atoms with Crippen LogP contribution >= 0.6 is 0 Å². The van der Waals surface area contributed by atoms with Gasteiger partial charge in [-0.3, -0.25) is 0 Å². The standard InChI is InChI=1S/C10H9O2Si/c1-13(8-7-10(11)12)9-5-3-2-4-6-9/h2-6H,1H3,(H,11,12). The number of hydrogen-bond acceptors (Lipinski definition) is 1. The molecule has 0 amide bonds. The van der Waals surface area contributed by atoms with Gasteiger partial charge in [0.1, 0.15) is 0 Å². The van der Waals surface area contributed by atoms with Gasteiger partial charge in [-0.1, -0.05) is 36.9 Å². The van der Waals surface area contributed by atoms with E-state index in [1.807, 2.05) is 36.9 Å². The molecule has 0 bridgehead atoms. The van der Waals surface area contributed by atoms with Gasteiger partial charge in [0.15, 0.2) is 8.80 Å². The second kappa shape index (κ2) is 4.48. The Kier molecular flexibility index (Phi) is 3.29. The predicted octanol–water partition coefficient (Wildman–Crippen LogP) is 0.645. The smallest absolute Gasteiger partial charge is 0.381 e. The van der Waals surface area contributed by atoms with Crippen molar-refractivity contribution in [1.82, 2.24) is 0 Å². The predicted molar refractivity (Wildman–Crippen MR) is 53.1 cm³/mol. The van der Waals surface area contributed by atoms with Crippen LogP contribution in [0.25, 0.3) is 0 Å². The van der Waals surface area contributed by atoms with Gasteiger partial charge in [-0.05, 0) is 5.19 Å². The van der Waals surface area contributed by atoms with Crippen LogP contribution in [-0.2, 0) is 4.79 Å². The summed E-state index contributed by atoms with van der Waals surface area (Å²) in [7, 11) is -1.00. The molecule has 1 radical (unpaired) electrons. The van der Waals surface area contributed by atoms with Gasteiger partial charge in [0.2, 0.25) is 0 Å². The summed E-state index contributed by atoms with van der Waals surface area (Å²) in [4.78, 5) is 10.2. The maximum absolute atomic E-state index is 10.2. The molecule has 0 aromatic heterocycles. The Morgan fingerprint density at radius 2 is 2.00 bits per heavy atom. The molecule has 0 unspecified atom stereocenters. The van der Waals surface area contributed by atoms with E-state index in [9.17, 15) is 4.79 Å². The number of carboxylic acids is 1. The number of benzene rings is 1. The molecule has 0 saturated carbocycles. The van der Waals surface area contributed by atoms with Crippen molar-refractivity contribution < 1.29 is 9.90 Å². The summed E-state index contributed by atoms with van der Waals surface area (Å²) < 4.78 is 0. The molecule has 1 N–H and O–H groups in total. The Labute approximate surface area is 78.8 Å². The van der Waals surface area contributed by atoms with E-state index in [0.717, 1.165) is 5.19 Å². The number of hydrogen-bond donors (Lipinski definition) is 1. The first-order valence-electron chi connectivity index (χ1n) is 3.84. The van der Waals surface area contributed by atoms with Gasteiger partial charge in [-0.2, -0.15) is 0 Å². The molecular formula is C10H9O2Si. The van der Waals surface area contributed by atoms with Gasteiger partial charge in [0.05, 0.1) is 0 Å². The lowest BCUT2D eigenvalue weighted by atomic mass is 10.4. The van der Waals surface area contributed by atoms with E-state index >= 15 is 0 Å². The second-order valence-electron chi connectivity index (χ2n) is 2.55. The molecule has 65 valence electrons. The topological polar surface area (TPSA) is 37.3 Å². The van der Waals surface area contributed by atoms with Crippen molar-refractivity contribution >= 4 is 20.0 Å². The summed E-state index contributed by atoms with van der Waals surface area (Å²) in [6.45, 7) is 1.98. The maximum atomic E-state index is 10.2. The lowest BCUT2D eigenvalue weighted by Crippen LogP contribution is -2.24. The largest absolute Gasteiger partial charge is 0.472 e. The zero-order valence-electron chi connectivity index (χ0n) is 7.24. The van der Waals surface area contributed by atoms with E-state index in [1.54, 1.807) is 0 Å². The summed E-state index contributed by atoms with van der Waals surface area (Å²) >= 11 is 0. The fourth-order valence-corrected chi connectivity index (χ4v) is 2.04. The van der Waals surface area contributed by atoms with Gasteiger partial charge in [-0.15, -0.1) is 5.54 Å². The fourth-order valence-electron chi connectivity index (χ4n) is 0.908. The van der Waals surface area contributed by atoms with E-state index in [0.29, 0.717) is 0 Å². The monoisotopic (exact) mass is 189 g/mol. The highest BCUT2D eigenvalue weighted by Crippen LogP contribution is 1.86. The van der Waals surface area contributed by atoms with Crippen LogP contribution in [0.15, 0.2) is 30.3 Å². The van der Waals surface area contributed by atoms with E-state index in [-0.39, 0.29) is 0 Å². The highest BCUT2D eigenvalue weighted by molar-refractivity contribution is 6.79. The number of aliphatic carboxylic acids is 1. The lowest BCUT2D eigenvalue weighted by Gasteiger charge is -1.99. The van der Waals surface area contributed by atoms with Gasteiger partial charge < -0.3 is 5.11 Å². The van der Waals surface area contributed by atoms with E-state index in [2.05, 4.69) is 11.5 Å². The van der Waals surface area contributed by atoms with Crippen LogP contribution in [-0.4, -0.2) is 19.9 Å². The van der Waals surface area contributed by atoms with E-state index in [1.165, 1.54) is 0 Å². The third-order valence-electron chi connectivity index (χ3n) is 1.56. The van der Waals surface area contributed by atoms with E-state index < -0.39 is 14.8 Å². The molecule has 0 saturated heterocycles. The Morgan fingerprint density at radius 1 is 1.38 bits per heavy atom. The maximum Gasteiger partial charge on any atom is 0.381 e. The third kappa shape index (κ3) is 3.14. The van der Waals surface area contributed by atoms with Crippen molar-refractivity contribution in [3.05, 3.63) is 30.3 Å². The first-order chi connectivity index (χ1) is 6.20. The van der Waals surface area contributed by atoms with Gasteiger partial charge >= 0.3 is 5.97 Å². The van der Waals surface area contributed by atoms with Crippen LogP contribution < -0.4 is 5.19 Å². The molecule has 1 aromatic rings. The van der Waals surface area contributed by atoms with Crippen LogP contribution in [0.1, 0.15) is 0 Å². The number of rotatable bonds is 1. The van der Waals surface area contributed by atoms with E-state index in [4.69, 9.17) is 5.11 Å². The fraction of sp³-hybridized carbons (Fsp3) is 0.100. The molecular weight excluding hydrogens is 180 g/mol. The molecule has 0 aliphatic heterocycles. The van der Waals surface area contributed by atoms with Crippen molar-refractivity contribution in [3.63, 3.8) is 0 Å². The second-order valence-corrected chi connectivity index (χ2v) is 4.62. The molecule has 0 aliphatic rings. The summed E-state index contributed by atoms with van der Waals surface area (Å²) in [5, 5.41) is 9.49. The third-order valence-corrected chi connectivity index (χ3v) is 3.26. The van der Waals surface area contributed by atoms with Crippen LogP contribution in [0.3, 0.4) is 0 Å². The molecule has 0 heterocycles. The average Bonchev–Trinajstić information content (AvgIpc) is 2.15. The van der Waals surface area contributed by atoms with Crippen LogP contribution in [0, 0.1) is 11.5 Å². The van der Waals surface area contributed by atoms with Gasteiger partial charge in [0, 0.05) is 5.92 Å². The summed E-state index contributed by atoms with van der Waals surface area (Å²) in [6, 6.07) is 9.76. The van der Waals surface area contributed by atoms with Crippen molar-refractivity contribution in [2.75, 3.05) is 0 Å². The number of carboxylic acid groups (broad SMARTS) is 1. The molecule has 1 rings (SSSR count). The van der Waals surface area contributed by atoms with Crippen molar-refractivity contribution in [3.8, 4) is 11.5 Å². The highest BCUT2D eigenvalue weighted by atomic mass is 28.3. The average molecular weight is 189 g/mol. The number of carbonyl (C=O) groups is 1. The molecule has 0 fully saturated rings.